The van der Waals surface area contributed by atoms with Gasteiger partial charge in [0.05, 0.1) is 10.0 Å². The van der Waals surface area contributed by atoms with Gasteiger partial charge in [-0.2, -0.15) is 0 Å². The van der Waals surface area contributed by atoms with Crippen molar-refractivity contribution in [2.24, 2.45) is 0 Å². The maximum atomic E-state index is 13.0. The molecule has 0 saturated carbocycles. The highest BCUT2D eigenvalue weighted by Gasteiger charge is 2.27. The number of halogens is 2. The largest absolute Gasteiger partial charge is 0.484 e. The van der Waals surface area contributed by atoms with E-state index in [1.165, 1.54) is 4.90 Å². The summed E-state index contributed by atoms with van der Waals surface area (Å²) in [5, 5.41) is 3.76. The van der Waals surface area contributed by atoms with Gasteiger partial charge in [-0.25, -0.2) is 0 Å². The fraction of sp³-hybridized carbons (Fsp3) is 0.391. The summed E-state index contributed by atoms with van der Waals surface area (Å²) in [5.41, 5.74) is 1.71. The molecule has 0 aliphatic heterocycles. The van der Waals surface area contributed by atoms with Crippen molar-refractivity contribution < 1.29 is 14.3 Å². The van der Waals surface area contributed by atoms with E-state index in [-0.39, 0.29) is 31.0 Å². The van der Waals surface area contributed by atoms with E-state index in [0.717, 1.165) is 17.5 Å². The number of carbonyl (C=O) groups is 2. The average Bonchev–Trinajstić information content (AvgIpc) is 2.73. The molecule has 0 aliphatic carbocycles. The highest BCUT2D eigenvalue weighted by molar-refractivity contribution is 6.42. The lowest BCUT2D eigenvalue weighted by Gasteiger charge is -2.29. The van der Waals surface area contributed by atoms with E-state index >= 15 is 0 Å². The van der Waals surface area contributed by atoms with Gasteiger partial charge in [-0.1, -0.05) is 54.4 Å². The quantitative estimate of drug-likeness (QED) is 0.583. The van der Waals surface area contributed by atoms with Gasteiger partial charge in [-0.15, -0.1) is 0 Å². The smallest absolute Gasteiger partial charge is 0.261 e. The summed E-state index contributed by atoms with van der Waals surface area (Å²) < 4.78 is 5.72. The Morgan fingerprint density at radius 2 is 1.80 bits per heavy atom. The molecule has 0 bridgehead atoms. The first-order valence-corrected chi connectivity index (χ1v) is 10.7. The summed E-state index contributed by atoms with van der Waals surface area (Å²) in [7, 11) is 0. The van der Waals surface area contributed by atoms with Gasteiger partial charge in [0, 0.05) is 12.6 Å². The van der Waals surface area contributed by atoms with Gasteiger partial charge in [0.25, 0.3) is 5.91 Å². The molecule has 0 radical (unpaired) electrons. The Balaban J connectivity index is 2.20. The molecule has 2 amide bonds. The van der Waals surface area contributed by atoms with Crippen LogP contribution in [0.5, 0.6) is 5.75 Å². The van der Waals surface area contributed by atoms with Gasteiger partial charge in [0.2, 0.25) is 5.91 Å². The lowest BCUT2D eigenvalue weighted by Crippen LogP contribution is -2.50. The number of amides is 2. The Morgan fingerprint density at radius 3 is 2.43 bits per heavy atom. The minimum atomic E-state index is -0.679. The summed E-state index contributed by atoms with van der Waals surface area (Å²) in [6.45, 7) is 7.58. The highest BCUT2D eigenvalue weighted by Crippen LogP contribution is 2.24. The number of aryl methyl sites for hydroxylation is 1. The third-order valence-corrected chi connectivity index (χ3v) is 5.69. The van der Waals surface area contributed by atoms with Crippen molar-refractivity contribution in [3.63, 3.8) is 0 Å². The van der Waals surface area contributed by atoms with Crippen molar-refractivity contribution in [1.29, 1.82) is 0 Å². The first kappa shape index (κ1) is 24.0. The number of ether oxygens (including phenoxy) is 1. The normalized spacial score (nSPS) is 12.7. The molecule has 0 aromatic heterocycles. The van der Waals surface area contributed by atoms with Crippen molar-refractivity contribution in [2.45, 2.75) is 52.7 Å². The fourth-order valence-electron chi connectivity index (χ4n) is 2.82. The number of nitrogens with zero attached hydrogens (tertiary/aromatic N) is 1. The van der Waals surface area contributed by atoms with E-state index in [1.807, 2.05) is 45.0 Å². The van der Waals surface area contributed by atoms with Crippen LogP contribution in [-0.2, 0) is 16.1 Å². The predicted molar refractivity (Wildman–Crippen MR) is 121 cm³/mol. The van der Waals surface area contributed by atoms with E-state index in [2.05, 4.69) is 5.32 Å². The number of para-hydroxylation sites is 1. The van der Waals surface area contributed by atoms with Crippen molar-refractivity contribution in [3.8, 4) is 5.75 Å². The van der Waals surface area contributed by atoms with Crippen LogP contribution in [0.3, 0.4) is 0 Å². The zero-order chi connectivity index (χ0) is 22.3. The van der Waals surface area contributed by atoms with Crippen LogP contribution < -0.4 is 10.1 Å². The molecule has 0 spiro atoms. The third kappa shape index (κ3) is 6.64. The topological polar surface area (TPSA) is 58.6 Å². The van der Waals surface area contributed by atoms with Crippen LogP contribution in [0.25, 0.3) is 0 Å². The highest BCUT2D eigenvalue weighted by atomic mass is 35.5. The van der Waals surface area contributed by atoms with Gasteiger partial charge in [0.1, 0.15) is 11.8 Å². The van der Waals surface area contributed by atoms with Gasteiger partial charge < -0.3 is 15.0 Å². The number of hydrogen-bond donors (Lipinski definition) is 1. The number of carbonyl (C=O) groups excluding carboxylic acids is 2. The molecule has 30 heavy (non-hydrogen) atoms. The van der Waals surface area contributed by atoms with Crippen LogP contribution in [0.2, 0.25) is 10.0 Å². The second-order valence-corrected chi connectivity index (χ2v) is 8.13. The van der Waals surface area contributed by atoms with Crippen LogP contribution >= 0.6 is 23.2 Å². The monoisotopic (exact) mass is 450 g/mol. The minimum absolute atomic E-state index is 0.0186. The lowest BCUT2D eigenvalue weighted by atomic mass is 10.1. The number of nitrogens with one attached hydrogen (secondary N) is 1. The standard InChI is InChI=1S/C23H28Cl2N2O3/c1-5-16(3)26-23(29)17(4)27(13-18-10-11-19(24)20(25)12-18)22(28)14-30-21-9-7-6-8-15(21)2/h6-12,16-17H,5,13-14H2,1-4H3,(H,26,29)/t16-,17+/m1/s1. The zero-order valence-corrected chi connectivity index (χ0v) is 19.3. The van der Waals surface area contributed by atoms with Crippen LogP contribution in [0, 0.1) is 6.92 Å². The summed E-state index contributed by atoms with van der Waals surface area (Å²) in [5.74, 6) is 0.127. The number of benzene rings is 2. The van der Waals surface area contributed by atoms with Crippen LogP contribution in [0.15, 0.2) is 42.5 Å². The molecule has 5 nitrogen and oxygen atoms in total. The van der Waals surface area contributed by atoms with E-state index in [9.17, 15) is 9.59 Å². The van der Waals surface area contributed by atoms with Crippen LogP contribution in [0.1, 0.15) is 38.3 Å². The Labute approximate surface area is 188 Å². The molecule has 2 aromatic carbocycles. The summed E-state index contributed by atoms with van der Waals surface area (Å²) in [4.78, 5) is 27.2. The molecule has 0 fully saturated rings. The second kappa shape index (κ2) is 11.2. The molecule has 2 rings (SSSR count). The summed E-state index contributed by atoms with van der Waals surface area (Å²) in [6, 6.07) is 12.0. The average molecular weight is 451 g/mol. The molecule has 0 aliphatic rings. The Hall–Kier alpha value is -2.24. The van der Waals surface area contributed by atoms with Crippen molar-refractivity contribution in [1.82, 2.24) is 10.2 Å². The first-order chi connectivity index (χ1) is 14.2. The molecular formula is C23H28Cl2N2O3. The maximum absolute atomic E-state index is 13.0. The van der Waals surface area contributed by atoms with Gasteiger partial charge in [0.15, 0.2) is 6.61 Å². The summed E-state index contributed by atoms with van der Waals surface area (Å²) >= 11 is 12.1. The summed E-state index contributed by atoms with van der Waals surface area (Å²) in [6.07, 6.45) is 0.801. The van der Waals surface area contributed by atoms with Gasteiger partial charge in [-0.3, -0.25) is 9.59 Å². The van der Waals surface area contributed by atoms with Crippen molar-refractivity contribution in [2.75, 3.05) is 6.61 Å². The van der Waals surface area contributed by atoms with E-state index in [0.29, 0.717) is 15.8 Å². The molecule has 2 aromatic rings. The molecule has 0 saturated heterocycles. The van der Waals surface area contributed by atoms with Gasteiger partial charge >= 0.3 is 0 Å². The minimum Gasteiger partial charge on any atom is -0.484 e. The molecule has 0 unspecified atom stereocenters. The number of rotatable bonds is 9. The lowest BCUT2D eigenvalue weighted by molar-refractivity contribution is -0.142. The molecule has 7 heteroatoms. The van der Waals surface area contributed by atoms with Crippen LogP contribution in [-0.4, -0.2) is 35.4 Å². The zero-order valence-electron chi connectivity index (χ0n) is 17.7. The first-order valence-electron chi connectivity index (χ1n) is 9.95. The van der Waals surface area contributed by atoms with E-state index < -0.39 is 6.04 Å². The second-order valence-electron chi connectivity index (χ2n) is 7.32. The van der Waals surface area contributed by atoms with E-state index in [4.69, 9.17) is 27.9 Å². The Kier molecular flexibility index (Phi) is 9.00. The SMILES string of the molecule is CC[C@@H](C)NC(=O)[C@H](C)N(Cc1ccc(Cl)c(Cl)c1)C(=O)COc1ccccc1C. The molecule has 2 atom stereocenters. The fourth-order valence-corrected chi connectivity index (χ4v) is 3.14. The van der Waals surface area contributed by atoms with Crippen LogP contribution in [0.4, 0.5) is 0 Å². The molecule has 0 heterocycles. The van der Waals surface area contributed by atoms with Gasteiger partial charge in [-0.05, 0) is 56.5 Å². The maximum Gasteiger partial charge on any atom is 0.261 e. The Morgan fingerprint density at radius 1 is 1.10 bits per heavy atom. The molecule has 162 valence electrons. The molecule has 1 N–H and O–H groups in total. The Bertz CT molecular complexity index is 889. The predicted octanol–water partition coefficient (Wildman–Crippen LogP) is 5.01. The molecular weight excluding hydrogens is 423 g/mol. The van der Waals surface area contributed by atoms with Crippen molar-refractivity contribution >= 4 is 35.0 Å². The third-order valence-electron chi connectivity index (χ3n) is 4.95. The number of hydrogen-bond acceptors (Lipinski definition) is 3. The van der Waals surface area contributed by atoms with E-state index in [1.54, 1.807) is 25.1 Å². The van der Waals surface area contributed by atoms with Crippen molar-refractivity contribution in [3.05, 3.63) is 63.6 Å².